The van der Waals surface area contributed by atoms with Crippen molar-refractivity contribution >= 4 is 23.2 Å². The second-order valence-electron chi connectivity index (χ2n) is 6.40. The number of benzene rings is 1. The number of amides is 1. The summed E-state index contributed by atoms with van der Waals surface area (Å²) in [5, 5.41) is 3.14. The molecule has 6 nitrogen and oxygen atoms in total. The van der Waals surface area contributed by atoms with Crippen molar-refractivity contribution < 1.29 is 9.21 Å². The number of piperidine rings is 1. The molecule has 128 valence electrons. The Morgan fingerprint density at radius 3 is 3.00 bits per heavy atom. The van der Waals surface area contributed by atoms with Gasteiger partial charge in [-0.3, -0.25) is 4.79 Å². The van der Waals surface area contributed by atoms with E-state index in [0.717, 1.165) is 30.5 Å². The van der Waals surface area contributed by atoms with Crippen LogP contribution in [0.1, 0.15) is 28.8 Å². The van der Waals surface area contributed by atoms with Gasteiger partial charge in [0.2, 0.25) is 5.65 Å². The third kappa shape index (κ3) is 3.20. The topological polar surface area (TPSA) is 71.3 Å². The van der Waals surface area contributed by atoms with Gasteiger partial charge in [0, 0.05) is 30.9 Å². The number of fused-ring (bicyclic) bond motifs is 1. The van der Waals surface area contributed by atoms with E-state index < -0.39 is 0 Å². The Hall–Kier alpha value is -2.89. The highest BCUT2D eigenvalue weighted by molar-refractivity contribution is 5.95. The predicted molar refractivity (Wildman–Crippen MR) is 95.7 cm³/mol. The molecule has 1 aliphatic heterocycles. The van der Waals surface area contributed by atoms with Crippen molar-refractivity contribution in [2.75, 3.05) is 18.0 Å². The molecule has 1 N–H and O–H groups in total. The highest BCUT2D eigenvalue weighted by atomic mass is 16.4. The van der Waals surface area contributed by atoms with Crippen LogP contribution in [0.5, 0.6) is 0 Å². The second kappa shape index (κ2) is 6.55. The lowest BCUT2D eigenvalue weighted by Gasteiger charge is -2.32. The molecular formula is C19H20N4O2. The number of aromatic nitrogens is 2. The number of nitrogens with one attached hydrogen (secondary N) is 1. The molecule has 1 saturated heterocycles. The normalized spacial score (nSPS) is 17.6. The molecule has 3 aromatic rings. The molecule has 0 bridgehead atoms. The lowest BCUT2D eigenvalue weighted by atomic mass is 10.0. The van der Waals surface area contributed by atoms with Gasteiger partial charge in [0.15, 0.2) is 5.58 Å². The number of hydrogen-bond acceptors (Lipinski definition) is 5. The molecule has 0 radical (unpaired) electrons. The molecule has 4 rings (SSSR count). The molecule has 3 heterocycles. The van der Waals surface area contributed by atoms with Crippen molar-refractivity contribution in [3.63, 3.8) is 0 Å². The van der Waals surface area contributed by atoms with Crippen LogP contribution in [0.2, 0.25) is 0 Å². The van der Waals surface area contributed by atoms with Crippen molar-refractivity contribution in [2.24, 2.45) is 0 Å². The van der Waals surface area contributed by atoms with Crippen LogP contribution in [-0.4, -0.2) is 35.0 Å². The number of oxazole rings is 1. The lowest BCUT2D eigenvalue weighted by Crippen LogP contribution is -2.48. The molecule has 25 heavy (non-hydrogen) atoms. The monoisotopic (exact) mass is 336 g/mol. The smallest absolute Gasteiger partial charge is 0.300 e. The Morgan fingerprint density at radius 2 is 2.16 bits per heavy atom. The molecule has 1 fully saturated rings. The lowest BCUT2D eigenvalue weighted by molar-refractivity contribution is 0.0932. The van der Waals surface area contributed by atoms with Gasteiger partial charge < -0.3 is 14.6 Å². The van der Waals surface area contributed by atoms with E-state index in [9.17, 15) is 4.79 Å². The number of aryl methyl sites for hydroxylation is 1. The van der Waals surface area contributed by atoms with Crippen LogP contribution >= 0.6 is 0 Å². The minimum atomic E-state index is -0.0239. The van der Waals surface area contributed by atoms with Gasteiger partial charge in [-0.25, -0.2) is 4.98 Å². The number of nitrogens with zero attached hydrogens (tertiary/aromatic N) is 3. The Kier molecular flexibility index (Phi) is 4.09. The van der Waals surface area contributed by atoms with Crippen molar-refractivity contribution in [3.05, 3.63) is 53.7 Å². The summed E-state index contributed by atoms with van der Waals surface area (Å²) in [6.07, 6.45) is 3.63. The summed E-state index contributed by atoms with van der Waals surface area (Å²) in [6.45, 7) is 3.50. The van der Waals surface area contributed by atoms with E-state index in [1.54, 1.807) is 6.20 Å². The summed E-state index contributed by atoms with van der Waals surface area (Å²) >= 11 is 0. The number of pyridine rings is 1. The van der Waals surface area contributed by atoms with Gasteiger partial charge in [-0.2, -0.15) is 4.98 Å². The summed E-state index contributed by atoms with van der Waals surface area (Å²) in [5.74, 6) is -0.0239. The first-order valence-electron chi connectivity index (χ1n) is 8.54. The fourth-order valence-electron chi connectivity index (χ4n) is 3.25. The van der Waals surface area contributed by atoms with Crippen LogP contribution < -0.4 is 10.2 Å². The van der Waals surface area contributed by atoms with Gasteiger partial charge in [0.25, 0.3) is 11.9 Å². The quantitative estimate of drug-likeness (QED) is 0.796. The van der Waals surface area contributed by atoms with Gasteiger partial charge in [-0.05, 0) is 43.5 Å². The molecule has 1 atom stereocenters. The van der Waals surface area contributed by atoms with E-state index in [4.69, 9.17) is 4.42 Å². The highest BCUT2D eigenvalue weighted by Gasteiger charge is 2.25. The fourth-order valence-corrected chi connectivity index (χ4v) is 3.25. The molecule has 0 aliphatic carbocycles. The van der Waals surface area contributed by atoms with Gasteiger partial charge in [-0.15, -0.1) is 0 Å². The van der Waals surface area contributed by atoms with Crippen LogP contribution in [0.25, 0.3) is 11.2 Å². The van der Waals surface area contributed by atoms with E-state index in [2.05, 4.69) is 20.2 Å². The molecule has 1 unspecified atom stereocenters. The van der Waals surface area contributed by atoms with Gasteiger partial charge in [0.05, 0.1) is 0 Å². The molecule has 1 aromatic carbocycles. The molecular weight excluding hydrogens is 316 g/mol. The fraction of sp³-hybridized carbons (Fsp3) is 0.316. The van der Waals surface area contributed by atoms with Gasteiger partial charge in [0.1, 0.15) is 0 Å². The molecule has 0 saturated carbocycles. The van der Waals surface area contributed by atoms with E-state index >= 15 is 0 Å². The van der Waals surface area contributed by atoms with Crippen molar-refractivity contribution in [1.82, 2.24) is 15.3 Å². The maximum atomic E-state index is 12.5. The Labute approximate surface area is 145 Å². The molecule has 0 spiro atoms. The van der Waals surface area contributed by atoms with E-state index in [1.807, 2.05) is 43.3 Å². The van der Waals surface area contributed by atoms with Crippen LogP contribution in [0.3, 0.4) is 0 Å². The average Bonchev–Trinajstić information content (AvgIpc) is 3.06. The van der Waals surface area contributed by atoms with Crippen LogP contribution in [-0.2, 0) is 0 Å². The maximum absolute atomic E-state index is 12.5. The van der Waals surface area contributed by atoms with E-state index in [1.165, 1.54) is 0 Å². The zero-order valence-electron chi connectivity index (χ0n) is 14.1. The molecule has 6 heteroatoms. The summed E-state index contributed by atoms with van der Waals surface area (Å²) in [5.41, 5.74) is 3.01. The third-order valence-corrected chi connectivity index (χ3v) is 4.57. The molecule has 1 aliphatic rings. The first-order chi connectivity index (χ1) is 12.2. The van der Waals surface area contributed by atoms with E-state index in [0.29, 0.717) is 23.8 Å². The molecule has 1 amide bonds. The second-order valence-corrected chi connectivity index (χ2v) is 6.40. The largest absolute Gasteiger partial charge is 0.422 e. The molecule has 2 aromatic heterocycles. The predicted octanol–water partition coefficient (Wildman–Crippen LogP) is 2.93. The van der Waals surface area contributed by atoms with Gasteiger partial charge in [-0.1, -0.05) is 18.2 Å². The summed E-state index contributed by atoms with van der Waals surface area (Å²) < 4.78 is 5.80. The average molecular weight is 336 g/mol. The number of hydrogen-bond donors (Lipinski definition) is 1. The highest BCUT2D eigenvalue weighted by Crippen LogP contribution is 2.23. The van der Waals surface area contributed by atoms with Crippen LogP contribution in [0.15, 0.2) is 47.0 Å². The Morgan fingerprint density at radius 1 is 1.28 bits per heavy atom. The zero-order chi connectivity index (χ0) is 17.2. The SMILES string of the molecule is Cc1ccccc1C(=O)NC1CCCN(c2nc3ncccc3o2)C1. The standard InChI is InChI=1S/C19H20N4O2/c1-13-6-2-3-8-15(13)18(24)21-14-7-5-11-23(12-14)19-22-17-16(25-19)9-4-10-20-17/h2-4,6,8-10,14H,5,7,11-12H2,1H3,(H,21,24). The summed E-state index contributed by atoms with van der Waals surface area (Å²) in [4.78, 5) is 23.3. The van der Waals surface area contributed by atoms with Crippen molar-refractivity contribution in [2.45, 2.75) is 25.8 Å². The summed E-state index contributed by atoms with van der Waals surface area (Å²) in [6, 6.07) is 12.0. The third-order valence-electron chi connectivity index (χ3n) is 4.57. The first-order valence-corrected chi connectivity index (χ1v) is 8.54. The van der Waals surface area contributed by atoms with Crippen molar-refractivity contribution in [3.8, 4) is 0 Å². The number of anilines is 1. The first kappa shape index (κ1) is 15.6. The Bertz CT molecular complexity index is 872. The van der Waals surface area contributed by atoms with E-state index in [-0.39, 0.29) is 11.9 Å². The number of carbonyl (C=O) groups excluding carboxylic acids is 1. The number of carbonyl (C=O) groups is 1. The minimum absolute atomic E-state index is 0.0239. The maximum Gasteiger partial charge on any atom is 0.300 e. The minimum Gasteiger partial charge on any atom is -0.422 e. The van der Waals surface area contributed by atoms with Crippen LogP contribution in [0, 0.1) is 6.92 Å². The van der Waals surface area contributed by atoms with Gasteiger partial charge >= 0.3 is 0 Å². The van der Waals surface area contributed by atoms with Crippen LogP contribution in [0.4, 0.5) is 6.01 Å². The summed E-state index contributed by atoms with van der Waals surface area (Å²) in [7, 11) is 0. The number of rotatable bonds is 3. The Balaban J connectivity index is 1.47. The zero-order valence-corrected chi connectivity index (χ0v) is 14.1. The van der Waals surface area contributed by atoms with Crippen molar-refractivity contribution in [1.29, 1.82) is 0 Å².